The van der Waals surface area contributed by atoms with Crippen LogP contribution in [0.15, 0.2) is 64.0 Å². The number of rotatable bonds is 8. The molecule has 12 heteroatoms. The van der Waals surface area contributed by atoms with Crippen LogP contribution in [0.3, 0.4) is 0 Å². The Kier molecular flexibility index (Phi) is 6.96. The molecule has 0 N–H and O–H groups in total. The summed E-state index contributed by atoms with van der Waals surface area (Å²) < 4.78 is 70.8. The summed E-state index contributed by atoms with van der Waals surface area (Å²) in [5, 5.41) is 4.93. The topological polar surface area (TPSA) is 79.7 Å². The van der Waals surface area contributed by atoms with E-state index in [1.165, 1.54) is 31.4 Å². The molecule has 0 spiro atoms. The average Bonchev–Trinajstić information content (AvgIpc) is 3.16. The molecule has 4 rings (SSSR count). The first kappa shape index (κ1) is 24.2. The number of benzene rings is 3. The third kappa shape index (κ3) is 4.82. The predicted molar refractivity (Wildman–Crippen MR) is 125 cm³/mol. The lowest BCUT2D eigenvalue weighted by atomic mass is 10.2. The number of methoxy groups -OCH3 is 1. The molecule has 4 aromatic rings. The van der Waals surface area contributed by atoms with Crippen molar-refractivity contribution < 1.29 is 31.4 Å². The van der Waals surface area contributed by atoms with Gasteiger partial charge in [0, 0.05) is 11.1 Å². The monoisotopic (exact) mass is 572 g/mol. The molecular weight excluding hydrogens is 558 g/mol. The molecule has 1 heterocycles. The smallest absolute Gasteiger partial charge is 0.283 e. The van der Waals surface area contributed by atoms with Crippen LogP contribution in [0, 0.1) is 11.6 Å². The van der Waals surface area contributed by atoms with E-state index >= 15 is 0 Å². The fourth-order valence-electron chi connectivity index (χ4n) is 3.12. The van der Waals surface area contributed by atoms with E-state index in [1.54, 1.807) is 18.2 Å². The first-order chi connectivity index (χ1) is 16.2. The van der Waals surface area contributed by atoms with E-state index in [1.807, 2.05) is 0 Å². The Morgan fingerprint density at radius 1 is 1.03 bits per heavy atom. The summed E-state index contributed by atoms with van der Waals surface area (Å²) in [5.41, 5.74) is 0.263. The molecular formula is C22H16BrClF2N2O5S. The summed E-state index contributed by atoms with van der Waals surface area (Å²) in [6.07, 6.45) is 0. The van der Waals surface area contributed by atoms with E-state index in [0.29, 0.717) is 22.2 Å². The highest BCUT2D eigenvalue weighted by atomic mass is 79.9. The predicted octanol–water partition coefficient (Wildman–Crippen LogP) is 5.43. The summed E-state index contributed by atoms with van der Waals surface area (Å²) in [5.74, 6) is -1.32. The van der Waals surface area contributed by atoms with Crippen molar-refractivity contribution in [3.63, 3.8) is 0 Å². The molecule has 0 radical (unpaired) electrons. The van der Waals surface area contributed by atoms with Crippen LogP contribution >= 0.6 is 27.5 Å². The third-order valence-corrected chi connectivity index (χ3v) is 7.14. The zero-order valence-electron chi connectivity index (χ0n) is 17.5. The fourth-order valence-corrected chi connectivity index (χ4v) is 5.04. The largest absolute Gasteiger partial charge is 0.497 e. The SMILES string of the molecule is COc1ccc2c(c1)c(OCCOc1c(F)cc(F)cc1Br)nn2S(=O)(=O)c1ccc(Cl)cc1. The van der Waals surface area contributed by atoms with Crippen molar-refractivity contribution in [3.05, 3.63) is 75.7 Å². The maximum atomic E-state index is 13.9. The van der Waals surface area contributed by atoms with E-state index < -0.39 is 21.7 Å². The normalized spacial score (nSPS) is 11.6. The quantitative estimate of drug-likeness (QED) is 0.262. The van der Waals surface area contributed by atoms with Crippen molar-refractivity contribution in [2.45, 2.75) is 4.90 Å². The molecule has 0 saturated heterocycles. The van der Waals surface area contributed by atoms with Crippen LogP contribution in [0.25, 0.3) is 10.9 Å². The molecule has 7 nitrogen and oxygen atoms in total. The van der Waals surface area contributed by atoms with Crippen molar-refractivity contribution in [2.75, 3.05) is 20.3 Å². The number of hydrogen-bond donors (Lipinski definition) is 0. The van der Waals surface area contributed by atoms with Gasteiger partial charge in [-0.3, -0.25) is 0 Å². The Morgan fingerprint density at radius 2 is 1.74 bits per heavy atom. The minimum Gasteiger partial charge on any atom is -0.497 e. The van der Waals surface area contributed by atoms with Crippen LogP contribution < -0.4 is 14.2 Å². The summed E-state index contributed by atoms with van der Waals surface area (Å²) in [6.45, 7) is -0.225. The van der Waals surface area contributed by atoms with Crippen LogP contribution in [0.1, 0.15) is 0 Å². The van der Waals surface area contributed by atoms with Gasteiger partial charge in [0.15, 0.2) is 11.6 Å². The lowest BCUT2D eigenvalue weighted by Gasteiger charge is -2.10. The van der Waals surface area contributed by atoms with Gasteiger partial charge in [0.1, 0.15) is 24.8 Å². The van der Waals surface area contributed by atoms with Crippen LogP contribution in [0.2, 0.25) is 5.02 Å². The van der Waals surface area contributed by atoms with Crippen molar-refractivity contribution in [1.82, 2.24) is 9.19 Å². The highest BCUT2D eigenvalue weighted by Crippen LogP contribution is 2.32. The first-order valence-corrected chi connectivity index (χ1v) is 12.3. The van der Waals surface area contributed by atoms with Gasteiger partial charge in [0.2, 0.25) is 5.88 Å². The fraction of sp³-hybridized carbons (Fsp3) is 0.136. The van der Waals surface area contributed by atoms with Gasteiger partial charge < -0.3 is 14.2 Å². The average molecular weight is 574 g/mol. The Hall–Kier alpha value is -2.89. The Morgan fingerprint density at radius 3 is 2.41 bits per heavy atom. The van der Waals surface area contributed by atoms with E-state index in [0.717, 1.165) is 10.2 Å². The minimum atomic E-state index is -4.07. The van der Waals surface area contributed by atoms with Gasteiger partial charge in [-0.25, -0.2) is 8.78 Å². The molecule has 0 atom stereocenters. The molecule has 0 unspecified atom stereocenters. The molecule has 34 heavy (non-hydrogen) atoms. The highest BCUT2D eigenvalue weighted by Gasteiger charge is 2.24. The van der Waals surface area contributed by atoms with Crippen molar-refractivity contribution >= 4 is 48.5 Å². The van der Waals surface area contributed by atoms with Gasteiger partial charge in [-0.15, -0.1) is 9.19 Å². The molecule has 0 aliphatic rings. The van der Waals surface area contributed by atoms with Crippen LogP contribution in [-0.4, -0.2) is 37.9 Å². The van der Waals surface area contributed by atoms with Gasteiger partial charge in [0.05, 0.1) is 27.4 Å². The summed E-state index contributed by atoms with van der Waals surface area (Å²) in [4.78, 5) is -0.0105. The Labute approximate surface area is 207 Å². The van der Waals surface area contributed by atoms with Gasteiger partial charge in [-0.2, -0.15) is 8.42 Å². The second-order valence-corrected chi connectivity index (χ2v) is 9.94. The lowest BCUT2D eigenvalue weighted by Crippen LogP contribution is -2.15. The maximum absolute atomic E-state index is 13.9. The maximum Gasteiger partial charge on any atom is 0.283 e. The molecule has 1 aromatic heterocycles. The first-order valence-electron chi connectivity index (χ1n) is 9.69. The van der Waals surface area contributed by atoms with E-state index in [9.17, 15) is 17.2 Å². The number of nitrogens with zero attached hydrogens (tertiary/aromatic N) is 2. The van der Waals surface area contributed by atoms with Gasteiger partial charge in [-0.1, -0.05) is 11.6 Å². The summed E-state index contributed by atoms with van der Waals surface area (Å²) >= 11 is 8.92. The van der Waals surface area contributed by atoms with Crippen LogP contribution in [0.4, 0.5) is 8.78 Å². The van der Waals surface area contributed by atoms with Crippen LogP contribution in [0.5, 0.6) is 17.4 Å². The number of aromatic nitrogens is 2. The molecule has 0 amide bonds. The summed E-state index contributed by atoms with van der Waals surface area (Å²) in [6, 6.07) is 12.2. The molecule has 0 aliphatic carbocycles. The van der Waals surface area contributed by atoms with Crippen molar-refractivity contribution in [2.24, 2.45) is 0 Å². The number of ether oxygens (including phenoxy) is 3. The molecule has 178 valence electrons. The summed E-state index contributed by atoms with van der Waals surface area (Å²) in [7, 11) is -2.59. The van der Waals surface area contributed by atoms with Crippen molar-refractivity contribution in [3.8, 4) is 17.4 Å². The Bertz CT molecular complexity index is 1440. The standard InChI is InChI=1S/C22H16BrClF2N2O5S/c1-31-15-4-7-20-17(12-15)22(27-28(20)34(29,30)16-5-2-13(24)3-6-16)33-9-8-32-21-18(23)10-14(25)11-19(21)26/h2-7,10-12H,8-9H2,1H3. The van der Waals surface area contributed by atoms with Gasteiger partial charge in [0.25, 0.3) is 10.0 Å². The number of hydrogen-bond acceptors (Lipinski definition) is 6. The van der Waals surface area contributed by atoms with Gasteiger partial charge >= 0.3 is 0 Å². The zero-order valence-corrected chi connectivity index (χ0v) is 20.6. The van der Waals surface area contributed by atoms with Gasteiger partial charge in [-0.05, 0) is 64.5 Å². The molecule has 3 aromatic carbocycles. The van der Waals surface area contributed by atoms with Crippen LogP contribution in [-0.2, 0) is 10.0 Å². The second-order valence-electron chi connectivity index (χ2n) is 6.89. The minimum absolute atomic E-state index is 0.00804. The second kappa shape index (κ2) is 9.77. The lowest BCUT2D eigenvalue weighted by molar-refractivity contribution is 0.206. The molecule has 0 fully saturated rings. The van der Waals surface area contributed by atoms with Crippen molar-refractivity contribution in [1.29, 1.82) is 0 Å². The molecule has 0 saturated carbocycles. The third-order valence-electron chi connectivity index (χ3n) is 4.69. The molecule has 0 aliphatic heterocycles. The highest BCUT2D eigenvalue weighted by molar-refractivity contribution is 9.10. The zero-order chi connectivity index (χ0) is 24.5. The van der Waals surface area contributed by atoms with E-state index in [-0.39, 0.29) is 39.7 Å². The number of fused-ring (bicyclic) bond motifs is 1. The number of halogens is 4. The van der Waals surface area contributed by atoms with E-state index in [2.05, 4.69) is 21.0 Å². The van der Waals surface area contributed by atoms with E-state index in [4.69, 9.17) is 25.8 Å². The molecule has 0 bridgehead atoms. The Balaban J connectivity index is 1.62.